The van der Waals surface area contributed by atoms with Crippen molar-refractivity contribution in [2.45, 2.75) is 0 Å². The van der Waals surface area contributed by atoms with Gasteiger partial charge in [0.1, 0.15) is 0 Å². The molecule has 0 atom stereocenters. The van der Waals surface area contributed by atoms with E-state index >= 15 is 0 Å². The highest BCUT2D eigenvalue weighted by Crippen LogP contribution is 2.23. The first-order valence-corrected chi connectivity index (χ1v) is 7.35. The van der Waals surface area contributed by atoms with E-state index in [-0.39, 0.29) is 10.6 Å². The minimum absolute atomic E-state index is 0.160. The van der Waals surface area contributed by atoms with Crippen LogP contribution in [0.3, 0.4) is 0 Å². The first-order chi connectivity index (χ1) is 9.16. The number of hydrogen-bond donors (Lipinski definition) is 2. The summed E-state index contributed by atoms with van der Waals surface area (Å²) in [6.07, 6.45) is 0. The van der Waals surface area contributed by atoms with Crippen LogP contribution in [0.15, 0.2) is 18.2 Å². The molecule has 2 rings (SSSR count). The predicted octanol–water partition coefficient (Wildman–Crippen LogP) is 1.52. The third kappa shape index (κ3) is 4.29. The Kier molecular flexibility index (Phi) is 5.34. The first-order valence-electron chi connectivity index (χ1n) is 6.28. The molecular formula is C12H17IN4O2. The van der Waals surface area contributed by atoms with Gasteiger partial charge in [0, 0.05) is 51.0 Å². The molecule has 0 aliphatic carbocycles. The number of rotatable bonds is 5. The van der Waals surface area contributed by atoms with E-state index in [1.54, 1.807) is 12.1 Å². The number of nitrogens with one attached hydrogen (secondary N) is 2. The van der Waals surface area contributed by atoms with Crippen LogP contribution in [0, 0.1) is 13.7 Å². The second-order valence-electron chi connectivity index (χ2n) is 4.44. The van der Waals surface area contributed by atoms with Gasteiger partial charge in [-0.25, -0.2) is 0 Å². The number of anilines is 1. The summed E-state index contributed by atoms with van der Waals surface area (Å²) in [7, 11) is 0. The number of nitrogens with zero attached hydrogens (tertiary/aromatic N) is 2. The Balaban J connectivity index is 1.82. The van der Waals surface area contributed by atoms with Crippen LogP contribution in [0.25, 0.3) is 0 Å². The van der Waals surface area contributed by atoms with Gasteiger partial charge in [-0.05, 0) is 34.7 Å². The van der Waals surface area contributed by atoms with E-state index in [4.69, 9.17) is 0 Å². The maximum absolute atomic E-state index is 10.7. The van der Waals surface area contributed by atoms with Gasteiger partial charge in [0.2, 0.25) is 0 Å². The van der Waals surface area contributed by atoms with Gasteiger partial charge >= 0.3 is 0 Å². The van der Waals surface area contributed by atoms with Gasteiger partial charge in [-0.15, -0.1) is 0 Å². The molecule has 0 unspecified atom stereocenters. The number of hydrogen-bond acceptors (Lipinski definition) is 5. The lowest BCUT2D eigenvalue weighted by Gasteiger charge is -2.27. The molecule has 1 aromatic carbocycles. The zero-order valence-corrected chi connectivity index (χ0v) is 12.7. The maximum atomic E-state index is 10.7. The highest BCUT2D eigenvalue weighted by atomic mass is 127. The van der Waals surface area contributed by atoms with E-state index in [0.29, 0.717) is 3.57 Å². The van der Waals surface area contributed by atoms with Crippen LogP contribution in [0.2, 0.25) is 0 Å². The highest BCUT2D eigenvalue weighted by molar-refractivity contribution is 14.1. The van der Waals surface area contributed by atoms with Crippen molar-refractivity contribution in [3.8, 4) is 0 Å². The van der Waals surface area contributed by atoms with Crippen LogP contribution >= 0.6 is 22.6 Å². The quantitative estimate of drug-likeness (QED) is 0.463. The molecule has 0 saturated carbocycles. The van der Waals surface area contributed by atoms with Crippen LogP contribution in [0.1, 0.15) is 0 Å². The predicted molar refractivity (Wildman–Crippen MR) is 83.6 cm³/mol. The number of halogens is 1. The lowest BCUT2D eigenvalue weighted by Crippen LogP contribution is -2.45. The Morgan fingerprint density at radius 3 is 2.79 bits per heavy atom. The SMILES string of the molecule is O=[N+]([O-])c1ccc(NCCN2CCNCC2)cc1I. The zero-order valence-electron chi connectivity index (χ0n) is 10.6. The van der Waals surface area contributed by atoms with Crippen molar-refractivity contribution in [3.63, 3.8) is 0 Å². The van der Waals surface area contributed by atoms with Crippen molar-refractivity contribution in [2.75, 3.05) is 44.6 Å². The summed E-state index contributed by atoms with van der Waals surface area (Å²) in [5.41, 5.74) is 1.10. The van der Waals surface area contributed by atoms with Crippen LogP contribution in [-0.4, -0.2) is 49.1 Å². The van der Waals surface area contributed by atoms with E-state index in [1.807, 2.05) is 28.7 Å². The van der Waals surface area contributed by atoms with Gasteiger partial charge < -0.3 is 10.6 Å². The van der Waals surface area contributed by atoms with E-state index < -0.39 is 0 Å². The van der Waals surface area contributed by atoms with E-state index in [9.17, 15) is 10.1 Å². The van der Waals surface area contributed by atoms with E-state index in [1.165, 1.54) is 0 Å². The Labute approximate surface area is 125 Å². The summed E-state index contributed by atoms with van der Waals surface area (Å²) >= 11 is 2.00. The summed E-state index contributed by atoms with van der Waals surface area (Å²) in [6.45, 7) is 6.12. The van der Waals surface area contributed by atoms with Gasteiger partial charge in [-0.3, -0.25) is 15.0 Å². The molecule has 1 aliphatic heterocycles. The van der Waals surface area contributed by atoms with E-state index in [0.717, 1.165) is 45.0 Å². The molecular weight excluding hydrogens is 359 g/mol. The fraction of sp³-hybridized carbons (Fsp3) is 0.500. The summed E-state index contributed by atoms with van der Waals surface area (Å²) in [5, 5.41) is 17.4. The molecule has 6 nitrogen and oxygen atoms in total. The number of benzene rings is 1. The van der Waals surface area contributed by atoms with Crippen LogP contribution < -0.4 is 10.6 Å². The second-order valence-corrected chi connectivity index (χ2v) is 5.60. The molecule has 0 amide bonds. The Hall–Kier alpha value is -0.930. The third-order valence-electron chi connectivity index (χ3n) is 3.11. The van der Waals surface area contributed by atoms with Crippen LogP contribution in [0.5, 0.6) is 0 Å². The van der Waals surface area contributed by atoms with Gasteiger partial charge in [0.05, 0.1) is 8.49 Å². The molecule has 0 spiro atoms. The van der Waals surface area contributed by atoms with Gasteiger partial charge in [0.15, 0.2) is 0 Å². The minimum atomic E-state index is -0.355. The van der Waals surface area contributed by atoms with Gasteiger partial charge in [-0.1, -0.05) is 0 Å². The minimum Gasteiger partial charge on any atom is -0.384 e. The molecule has 104 valence electrons. The Bertz CT molecular complexity index is 449. The molecule has 1 fully saturated rings. The average molecular weight is 376 g/mol. The summed E-state index contributed by atoms with van der Waals surface area (Å²) < 4.78 is 0.662. The van der Waals surface area contributed by atoms with Crippen molar-refractivity contribution < 1.29 is 4.92 Å². The normalized spacial score (nSPS) is 16.3. The second kappa shape index (κ2) is 7.01. The highest BCUT2D eigenvalue weighted by Gasteiger charge is 2.12. The van der Waals surface area contributed by atoms with E-state index in [2.05, 4.69) is 15.5 Å². The molecule has 0 bridgehead atoms. The molecule has 1 aromatic rings. The number of piperazine rings is 1. The first kappa shape index (κ1) is 14.5. The summed E-state index contributed by atoms with van der Waals surface area (Å²) in [6, 6.07) is 5.13. The average Bonchev–Trinajstić information content (AvgIpc) is 2.39. The fourth-order valence-corrected chi connectivity index (χ4v) is 2.77. The molecule has 0 aromatic heterocycles. The topological polar surface area (TPSA) is 70.4 Å². The van der Waals surface area contributed by atoms with Crippen molar-refractivity contribution >= 4 is 34.0 Å². The molecule has 19 heavy (non-hydrogen) atoms. The standard InChI is InChI=1S/C12H17IN4O2/c13-11-9-10(1-2-12(11)17(18)19)15-5-8-16-6-3-14-4-7-16/h1-2,9,14-15H,3-8H2. The lowest BCUT2D eigenvalue weighted by atomic mass is 10.3. The lowest BCUT2D eigenvalue weighted by molar-refractivity contribution is -0.385. The largest absolute Gasteiger partial charge is 0.384 e. The summed E-state index contributed by atoms with van der Waals surface area (Å²) in [5.74, 6) is 0. The van der Waals surface area contributed by atoms with Gasteiger partial charge in [0.25, 0.3) is 5.69 Å². The van der Waals surface area contributed by atoms with Crippen molar-refractivity contribution in [1.29, 1.82) is 0 Å². The van der Waals surface area contributed by atoms with Crippen molar-refractivity contribution in [2.24, 2.45) is 0 Å². The fourth-order valence-electron chi connectivity index (χ4n) is 2.06. The molecule has 1 saturated heterocycles. The third-order valence-corrected chi connectivity index (χ3v) is 3.98. The van der Waals surface area contributed by atoms with Crippen LogP contribution in [-0.2, 0) is 0 Å². The van der Waals surface area contributed by atoms with Gasteiger partial charge in [-0.2, -0.15) is 0 Å². The Morgan fingerprint density at radius 1 is 1.42 bits per heavy atom. The Morgan fingerprint density at radius 2 is 2.16 bits per heavy atom. The number of nitro benzene ring substituents is 1. The summed E-state index contributed by atoms with van der Waals surface area (Å²) in [4.78, 5) is 12.8. The monoisotopic (exact) mass is 376 g/mol. The van der Waals surface area contributed by atoms with Crippen molar-refractivity contribution in [1.82, 2.24) is 10.2 Å². The molecule has 0 radical (unpaired) electrons. The maximum Gasteiger partial charge on any atom is 0.282 e. The molecule has 7 heteroatoms. The molecule has 1 aliphatic rings. The smallest absolute Gasteiger partial charge is 0.282 e. The molecule has 2 N–H and O–H groups in total. The number of nitro groups is 1. The zero-order chi connectivity index (χ0) is 13.7. The van der Waals surface area contributed by atoms with Crippen molar-refractivity contribution in [3.05, 3.63) is 31.9 Å². The van der Waals surface area contributed by atoms with Crippen LogP contribution in [0.4, 0.5) is 11.4 Å². The molecule has 1 heterocycles.